The number of nitrogens with two attached hydrogens (primary N) is 1. The van der Waals surface area contributed by atoms with Crippen LogP contribution in [0.3, 0.4) is 0 Å². The standard InChI is InChI=1S/C20H29N3O3S.C13H13NO.C7H16N2O2S/c1-2-23-10-9-14(12-23)13-27(25,26)22-20(24)21-19-17-7-3-5-15(17)11-16-6-4-8-18(16)19;15-8-14-13-11-5-1-3-9(11)7-10-4-2-6-12(10)13;1-2-9-4-3-7(5-9)6-12(8,10)11/h11,14H,2-10,12-13H2,1H3,(H2,21,22,24);7H,1-6H2;7H,2-6H2,1H3,(H2,8,10,11). The Bertz CT molecular complexity index is 1910. The van der Waals surface area contributed by atoms with Gasteiger partial charge in [0.15, 0.2) is 0 Å². The van der Waals surface area contributed by atoms with Crippen LogP contribution < -0.4 is 15.2 Å². The summed E-state index contributed by atoms with van der Waals surface area (Å²) in [5.74, 6) is 0.506. The second-order valence-electron chi connectivity index (χ2n) is 15.9. The third kappa shape index (κ3) is 10.2. The van der Waals surface area contributed by atoms with E-state index in [1.165, 1.54) is 57.3 Å². The van der Waals surface area contributed by atoms with Crippen LogP contribution in [0.15, 0.2) is 17.1 Å². The van der Waals surface area contributed by atoms with Gasteiger partial charge >= 0.3 is 6.03 Å². The molecular formula is C40H58N6O6S2. The minimum atomic E-state index is -3.63. The predicted molar refractivity (Wildman–Crippen MR) is 213 cm³/mol. The molecule has 2 aliphatic heterocycles. The molecule has 2 atom stereocenters. The first kappa shape index (κ1) is 40.5. The van der Waals surface area contributed by atoms with Crippen LogP contribution in [0.25, 0.3) is 0 Å². The molecule has 2 aromatic carbocycles. The number of likely N-dealkylation sites (tertiary alicyclic amines) is 2. The molecule has 0 aromatic heterocycles. The van der Waals surface area contributed by atoms with E-state index in [-0.39, 0.29) is 23.3 Å². The zero-order chi connectivity index (χ0) is 38.5. The Morgan fingerprint density at radius 1 is 0.741 bits per heavy atom. The lowest BCUT2D eigenvalue weighted by Crippen LogP contribution is -2.38. The van der Waals surface area contributed by atoms with Crippen LogP contribution in [0.1, 0.15) is 96.9 Å². The van der Waals surface area contributed by atoms with Gasteiger partial charge in [-0.15, -0.1) is 0 Å². The van der Waals surface area contributed by atoms with Crippen LogP contribution >= 0.6 is 0 Å². The van der Waals surface area contributed by atoms with Crippen LogP contribution in [0.2, 0.25) is 0 Å². The van der Waals surface area contributed by atoms with Crippen molar-refractivity contribution < 1.29 is 26.4 Å². The van der Waals surface area contributed by atoms with Crippen molar-refractivity contribution in [3.63, 3.8) is 0 Å². The van der Waals surface area contributed by atoms with E-state index in [1.807, 2.05) is 0 Å². The summed E-state index contributed by atoms with van der Waals surface area (Å²) in [4.78, 5) is 31.4. The highest BCUT2D eigenvalue weighted by Crippen LogP contribution is 2.40. The number of amides is 2. The largest absolute Gasteiger partial charge is 0.332 e. The highest BCUT2D eigenvalue weighted by atomic mass is 32.2. The molecule has 4 aliphatic carbocycles. The molecule has 14 heteroatoms. The Morgan fingerprint density at radius 3 is 1.61 bits per heavy atom. The van der Waals surface area contributed by atoms with Gasteiger partial charge in [-0.05, 0) is 172 Å². The normalized spacial score (nSPS) is 21.5. The topological polar surface area (TPSA) is 171 Å². The lowest BCUT2D eigenvalue weighted by molar-refractivity contribution is 0.256. The quantitative estimate of drug-likeness (QED) is 0.243. The number of urea groups is 1. The lowest BCUT2D eigenvalue weighted by Gasteiger charge is -2.17. The first-order chi connectivity index (χ1) is 25.9. The van der Waals surface area contributed by atoms with Crippen LogP contribution in [-0.2, 0) is 76.2 Å². The predicted octanol–water partition coefficient (Wildman–Crippen LogP) is 4.71. The maximum atomic E-state index is 12.5. The molecule has 8 rings (SSSR count). The van der Waals surface area contributed by atoms with E-state index < -0.39 is 26.1 Å². The minimum Gasteiger partial charge on any atom is -0.307 e. The third-order valence-electron chi connectivity index (χ3n) is 12.1. The van der Waals surface area contributed by atoms with E-state index in [0.29, 0.717) is 0 Å². The molecule has 0 bridgehead atoms. The summed E-state index contributed by atoms with van der Waals surface area (Å²) < 4.78 is 48.7. The molecule has 6 aliphatic rings. The molecule has 2 heterocycles. The van der Waals surface area contributed by atoms with Crippen LogP contribution in [0.5, 0.6) is 0 Å². The Balaban J connectivity index is 0.000000154. The molecule has 0 saturated carbocycles. The van der Waals surface area contributed by atoms with Crippen molar-refractivity contribution in [3.8, 4) is 0 Å². The van der Waals surface area contributed by atoms with Gasteiger partial charge in [-0.1, -0.05) is 26.0 Å². The number of hydrogen-bond acceptors (Lipinski definition) is 9. The number of nitrogens with one attached hydrogen (secondary N) is 2. The number of primary sulfonamides is 1. The Hall–Kier alpha value is -3.13. The molecule has 2 fully saturated rings. The first-order valence-corrected chi connectivity index (χ1v) is 23.4. The van der Waals surface area contributed by atoms with Crippen LogP contribution in [0, 0.1) is 11.8 Å². The lowest BCUT2D eigenvalue weighted by atomic mass is 9.99. The number of nitrogens with zero attached hydrogens (tertiary/aromatic N) is 3. The van der Waals surface area contributed by atoms with Crippen molar-refractivity contribution in [1.82, 2.24) is 14.5 Å². The number of anilines is 1. The summed E-state index contributed by atoms with van der Waals surface area (Å²) in [7, 11) is -6.90. The molecule has 0 spiro atoms. The number of isocyanates is 1. The second kappa shape index (κ2) is 17.8. The number of carbonyl (C=O) groups excluding carboxylic acids is 2. The summed E-state index contributed by atoms with van der Waals surface area (Å²) in [5.41, 5.74) is 12.4. The summed E-state index contributed by atoms with van der Waals surface area (Å²) >= 11 is 0. The fraction of sp³-hybridized carbons (Fsp3) is 0.650. The number of sulfonamides is 2. The Labute approximate surface area is 321 Å². The van der Waals surface area contributed by atoms with Gasteiger partial charge in [0.1, 0.15) is 0 Å². The van der Waals surface area contributed by atoms with Crippen molar-refractivity contribution in [2.24, 2.45) is 22.0 Å². The van der Waals surface area contributed by atoms with Gasteiger partial charge < -0.3 is 15.1 Å². The van der Waals surface area contributed by atoms with Crippen molar-refractivity contribution >= 4 is 43.5 Å². The fourth-order valence-electron chi connectivity index (χ4n) is 9.57. The second-order valence-corrected chi connectivity index (χ2v) is 19.3. The highest BCUT2D eigenvalue weighted by Gasteiger charge is 2.30. The molecular weight excluding hydrogens is 725 g/mol. The number of aliphatic imine (C=N–C) groups is 1. The molecule has 296 valence electrons. The van der Waals surface area contributed by atoms with Gasteiger partial charge in [-0.2, -0.15) is 4.99 Å². The van der Waals surface area contributed by atoms with E-state index in [0.717, 1.165) is 128 Å². The van der Waals surface area contributed by atoms with E-state index in [4.69, 9.17) is 5.14 Å². The Morgan fingerprint density at radius 2 is 1.19 bits per heavy atom. The van der Waals surface area contributed by atoms with Gasteiger partial charge in [0.25, 0.3) is 0 Å². The number of rotatable bonds is 9. The zero-order valence-corrected chi connectivity index (χ0v) is 33.7. The SMILES string of the molecule is CCN1CCC(CS(=O)(=O)NC(=O)Nc2c3c(cc4c2CCC4)CCC3)C1.CCN1CCC(CS(N)(=O)=O)C1.O=C=Nc1c2c(cc3c1CCC3)CCC2. The van der Waals surface area contributed by atoms with Gasteiger partial charge in [-0.3, -0.25) is 0 Å². The van der Waals surface area contributed by atoms with Gasteiger partial charge in [-0.25, -0.2) is 36.3 Å². The van der Waals surface area contributed by atoms with Crippen molar-refractivity contribution in [2.45, 2.75) is 104 Å². The summed E-state index contributed by atoms with van der Waals surface area (Å²) in [5, 5.41) is 7.86. The number of carbonyl (C=O) groups is 1. The molecule has 54 heavy (non-hydrogen) atoms. The van der Waals surface area contributed by atoms with Crippen molar-refractivity contribution in [3.05, 3.63) is 56.6 Å². The molecule has 0 radical (unpaired) electrons. The molecule has 2 saturated heterocycles. The van der Waals surface area contributed by atoms with E-state index in [1.54, 1.807) is 6.08 Å². The molecule has 2 unspecified atom stereocenters. The first-order valence-electron chi connectivity index (χ1n) is 20.0. The minimum absolute atomic E-state index is 0.0158. The summed E-state index contributed by atoms with van der Waals surface area (Å²) in [6.45, 7) is 9.72. The summed E-state index contributed by atoms with van der Waals surface area (Å²) in [6, 6.07) is 4.02. The van der Waals surface area contributed by atoms with E-state index in [2.05, 4.69) is 50.8 Å². The van der Waals surface area contributed by atoms with Crippen LogP contribution in [-0.4, -0.2) is 89.5 Å². The number of benzene rings is 2. The number of hydrogen-bond donors (Lipinski definition) is 3. The monoisotopic (exact) mass is 782 g/mol. The molecule has 2 aromatic rings. The average Bonchev–Trinajstić information content (AvgIpc) is 3.96. The Kier molecular flexibility index (Phi) is 13.3. The molecule has 12 nitrogen and oxygen atoms in total. The van der Waals surface area contributed by atoms with Gasteiger partial charge in [0.2, 0.25) is 26.1 Å². The van der Waals surface area contributed by atoms with Gasteiger partial charge in [0.05, 0.1) is 17.2 Å². The average molecular weight is 783 g/mol. The zero-order valence-electron chi connectivity index (χ0n) is 32.1. The fourth-order valence-corrected chi connectivity index (χ4v) is 11.8. The molecule has 4 N–H and O–H groups in total. The van der Waals surface area contributed by atoms with E-state index >= 15 is 0 Å². The van der Waals surface area contributed by atoms with Crippen molar-refractivity contribution in [1.29, 1.82) is 0 Å². The smallest absolute Gasteiger partial charge is 0.307 e. The summed E-state index contributed by atoms with van der Waals surface area (Å²) in [6.07, 6.45) is 16.7. The highest BCUT2D eigenvalue weighted by molar-refractivity contribution is 7.90. The van der Waals surface area contributed by atoms with E-state index in [9.17, 15) is 26.4 Å². The van der Waals surface area contributed by atoms with Crippen LogP contribution in [0.4, 0.5) is 16.2 Å². The third-order valence-corrected chi connectivity index (χ3v) is 14.5. The van der Waals surface area contributed by atoms with Gasteiger partial charge in [0, 0.05) is 18.8 Å². The molecule has 2 amide bonds. The van der Waals surface area contributed by atoms with Crippen molar-refractivity contribution in [2.75, 3.05) is 56.1 Å². The number of fused-ring (bicyclic) bond motifs is 4. The maximum absolute atomic E-state index is 12.5. The number of aryl methyl sites for hydroxylation is 4. The maximum Gasteiger partial charge on any atom is 0.332 e.